The lowest BCUT2D eigenvalue weighted by molar-refractivity contribution is -0.140. The molecule has 1 atom stereocenters. The Kier molecular flexibility index (Phi) is 6.58. The summed E-state index contributed by atoms with van der Waals surface area (Å²) in [6.45, 7) is 0.206. The number of ether oxygens (including phenoxy) is 1. The molecule has 1 saturated heterocycles. The average molecular weight is 488 g/mol. The minimum absolute atomic E-state index is 0.0210. The Morgan fingerprint density at radius 2 is 1.62 bits per heavy atom. The van der Waals surface area contributed by atoms with Gasteiger partial charge in [-0.2, -0.15) is 4.31 Å². The summed E-state index contributed by atoms with van der Waals surface area (Å²) in [5, 5.41) is 14.1. The summed E-state index contributed by atoms with van der Waals surface area (Å²) in [7, 11) is -3.35. The van der Waals surface area contributed by atoms with E-state index in [4.69, 9.17) is 9.84 Å². The summed E-state index contributed by atoms with van der Waals surface area (Å²) < 4.78 is 29.5. The zero-order valence-corrected chi connectivity index (χ0v) is 19.2. The van der Waals surface area contributed by atoms with Gasteiger partial charge in [0.15, 0.2) is 0 Å². The molecule has 1 fully saturated rings. The summed E-state index contributed by atoms with van der Waals surface area (Å²) in [6, 6.07) is 13.9. The molecular weight excluding hydrogens is 462 g/mol. The van der Waals surface area contributed by atoms with Gasteiger partial charge in [0, 0.05) is 19.0 Å². The molecule has 1 aliphatic carbocycles. The Balaban J connectivity index is 1.36. The van der Waals surface area contributed by atoms with Crippen molar-refractivity contribution in [1.29, 1.82) is 0 Å². The van der Waals surface area contributed by atoms with Crippen LogP contribution in [-0.4, -0.2) is 73.8 Å². The normalized spacial score (nSPS) is 16.6. The molecule has 1 heterocycles. The quantitative estimate of drug-likeness (QED) is 0.507. The number of hydrogen-bond acceptors (Lipinski definition) is 6. The molecule has 180 valence electrons. The number of fused-ring (bicyclic) bond motifs is 3. The van der Waals surface area contributed by atoms with Crippen molar-refractivity contribution in [3.63, 3.8) is 0 Å². The van der Waals surface area contributed by atoms with E-state index in [9.17, 15) is 22.8 Å². The van der Waals surface area contributed by atoms with Crippen LogP contribution in [0.15, 0.2) is 48.5 Å². The SMILES string of the molecule is CS(=O)(=O)N1CC(NC(=O)C(CC(=O)O)NC(=O)OCC2c3ccccc3-c3ccccc32)C1. The monoisotopic (exact) mass is 487 g/mol. The molecule has 10 nitrogen and oxygen atoms in total. The first-order valence-corrected chi connectivity index (χ1v) is 12.6. The van der Waals surface area contributed by atoms with E-state index in [-0.39, 0.29) is 25.6 Å². The van der Waals surface area contributed by atoms with Gasteiger partial charge in [0.25, 0.3) is 0 Å². The third-order valence-electron chi connectivity index (χ3n) is 5.99. The van der Waals surface area contributed by atoms with Crippen LogP contribution in [0.25, 0.3) is 11.1 Å². The molecule has 34 heavy (non-hydrogen) atoms. The topological polar surface area (TPSA) is 142 Å². The first kappa shape index (κ1) is 23.7. The van der Waals surface area contributed by atoms with Crippen molar-refractivity contribution < 1.29 is 32.6 Å². The van der Waals surface area contributed by atoms with Crippen LogP contribution in [0.2, 0.25) is 0 Å². The Morgan fingerprint density at radius 3 is 2.15 bits per heavy atom. The highest BCUT2D eigenvalue weighted by Crippen LogP contribution is 2.44. The maximum atomic E-state index is 12.5. The third-order valence-corrected chi connectivity index (χ3v) is 7.23. The average Bonchev–Trinajstić information content (AvgIpc) is 3.06. The molecular formula is C23H25N3O7S. The van der Waals surface area contributed by atoms with Crippen LogP contribution in [0.1, 0.15) is 23.5 Å². The van der Waals surface area contributed by atoms with Crippen molar-refractivity contribution in [3.05, 3.63) is 59.7 Å². The zero-order chi connectivity index (χ0) is 24.5. The van der Waals surface area contributed by atoms with Crippen molar-refractivity contribution in [3.8, 4) is 11.1 Å². The van der Waals surface area contributed by atoms with Gasteiger partial charge in [0.05, 0.1) is 18.7 Å². The van der Waals surface area contributed by atoms with Crippen molar-refractivity contribution in [2.24, 2.45) is 0 Å². The molecule has 4 rings (SSSR count). The van der Waals surface area contributed by atoms with Crippen molar-refractivity contribution in [2.75, 3.05) is 26.0 Å². The molecule has 2 aromatic carbocycles. The minimum atomic E-state index is -3.35. The Hall–Kier alpha value is -3.44. The predicted molar refractivity (Wildman–Crippen MR) is 123 cm³/mol. The molecule has 0 saturated carbocycles. The van der Waals surface area contributed by atoms with Crippen LogP contribution < -0.4 is 10.6 Å². The molecule has 1 aliphatic heterocycles. The minimum Gasteiger partial charge on any atom is -0.481 e. The summed E-state index contributed by atoms with van der Waals surface area (Å²) in [6.07, 6.45) is -0.482. The van der Waals surface area contributed by atoms with Crippen LogP contribution in [0, 0.1) is 0 Å². The Labute approximate surface area is 197 Å². The van der Waals surface area contributed by atoms with Gasteiger partial charge in [0.2, 0.25) is 15.9 Å². The zero-order valence-electron chi connectivity index (χ0n) is 18.4. The van der Waals surface area contributed by atoms with Gasteiger partial charge in [-0.3, -0.25) is 9.59 Å². The molecule has 0 radical (unpaired) electrons. The fraction of sp³-hybridized carbons (Fsp3) is 0.348. The maximum Gasteiger partial charge on any atom is 0.407 e. The van der Waals surface area contributed by atoms with E-state index in [0.29, 0.717) is 0 Å². The molecule has 2 aromatic rings. The van der Waals surface area contributed by atoms with Gasteiger partial charge in [-0.25, -0.2) is 13.2 Å². The van der Waals surface area contributed by atoms with Crippen LogP contribution >= 0.6 is 0 Å². The Morgan fingerprint density at radius 1 is 1.06 bits per heavy atom. The summed E-state index contributed by atoms with van der Waals surface area (Å²) in [5.41, 5.74) is 4.19. The Bertz CT molecular complexity index is 1180. The van der Waals surface area contributed by atoms with E-state index in [1.165, 1.54) is 4.31 Å². The fourth-order valence-corrected chi connectivity index (χ4v) is 5.17. The number of carboxylic acids is 1. The fourth-order valence-electron chi connectivity index (χ4n) is 4.27. The van der Waals surface area contributed by atoms with Gasteiger partial charge < -0.3 is 20.5 Å². The molecule has 0 spiro atoms. The van der Waals surface area contributed by atoms with Crippen molar-refractivity contribution >= 4 is 28.0 Å². The van der Waals surface area contributed by atoms with E-state index in [1.807, 2.05) is 48.5 Å². The van der Waals surface area contributed by atoms with Gasteiger partial charge >= 0.3 is 12.1 Å². The highest BCUT2D eigenvalue weighted by Gasteiger charge is 2.36. The second-order valence-electron chi connectivity index (χ2n) is 8.41. The number of sulfonamides is 1. The second kappa shape index (κ2) is 9.43. The van der Waals surface area contributed by atoms with Crippen molar-refractivity contribution in [1.82, 2.24) is 14.9 Å². The largest absolute Gasteiger partial charge is 0.481 e. The van der Waals surface area contributed by atoms with E-state index in [0.717, 1.165) is 28.5 Å². The van der Waals surface area contributed by atoms with E-state index >= 15 is 0 Å². The van der Waals surface area contributed by atoms with Crippen LogP contribution in [0.5, 0.6) is 0 Å². The van der Waals surface area contributed by atoms with Crippen molar-refractivity contribution in [2.45, 2.75) is 24.4 Å². The molecule has 3 N–H and O–H groups in total. The van der Waals surface area contributed by atoms with Gasteiger partial charge in [0.1, 0.15) is 12.6 Å². The lowest BCUT2D eigenvalue weighted by Crippen LogP contribution is -2.63. The summed E-state index contributed by atoms with van der Waals surface area (Å²) >= 11 is 0. The number of alkyl carbamates (subject to hydrolysis) is 1. The first-order chi connectivity index (χ1) is 16.1. The lowest BCUT2D eigenvalue weighted by atomic mass is 9.98. The van der Waals surface area contributed by atoms with E-state index < -0.39 is 46.5 Å². The highest BCUT2D eigenvalue weighted by molar-refractivity contribution is 7.88. The molecule has 2 amide bonds. The number of hydrogen-bond donors (Lipinski definition) is 3. The molecule has 11 heteroatoms. The summed E-state index contributed by atoms with van der Waals surface area (Å²) in [5.74, 6) is -2.17. The number of carboxylic acid groups (broad SMARTS) is 1. The van der Waals surface area contributed by atoms with Gasteiger partial charge in [-0.15, -0.1) is 0 Å². The lowest BCUT2D eigenvalue weighted by Gasteiger charge is -2.38. The highest BCUT2D eigenvalue weighted by atomic mass is 32.2. The number of benzene rings is 2. The van der Waals surface area contributed by atoms with Gasteiger partial charge in [-0.05, 0) is 22.3 Å². The van der Waals surface area contributed by atoms with Crippen LogP contribution in [0.4, 0.5) is 4.79 Å². The first-order valence-electron chi connectivity index (χ1n) is 10.7. The van der Waals surface area contributed by atoms with E-state index in [1.54, 1.807) is 0 Å². The standard InChI is InChI=1S/C23H25N3O7S/c1-34(31,32)26-11-14(12-26)24-22(29)20(10-21(27)28)25-23(30)33-13-19-17-8-4-2-6-15(17)16-7-3-5-9-18(16)19/h2-9,14,19-20H,10-13H2,1H3,(H,24,29)(H,25,30)(H,27,28). The summed E-state index contributed by atoms with van der Waals surface area (Å²) in [4.78, 5) is 36.3. The predicted octanol–water partition coefficient (Wildman–Crippen LogP) is 1.13. The molecule has 2 aliphatic rings. The van der Waals surface area contributed by atoms with Gasteiger partial charge in [-0.1, -0.05) is 48.5 Å². The molecule has 0 bridgehead atoms. The van der Waals surface area contributed by atoms with Crippen LogP contribution in [-0.2, 0) is 24.3 Å². The third kappa shape index (κ3) is 5.05. The second-order valence-corrected chi connectivity index (χ2v) is 10.4. The molecule has 0 aromatic heterocycles. The number of aliphatic carboxylic acids is 1. The number of nitrogens with zero attached hydrogens (tertiary/aromatic N) is 1. The maximum absolute atomic E-state index is 12.5. The van der Waals surface area contributed by atoms with E-state index in [2.05, 4.69) is 10.6 Å². The number of nitrogens with one attached hydrogen (secondary N) is 2. The smallest absolute Gasteiger partial charge is 0.407 e. The van der Waals surface area contributed by atoms with Crippen LogP contribution in [0.3, 0.4) is 0 Å². The molecule has 1 unspecified atom stereocenters. The number of carbonyl (C=O) groups excluding carboxylic acids is 2. The number of rotatable bonds is 8. The number of amides is 2. The number of carbonyl (C=O) groups is 3.